The topological polar surface area (TPSA) is 76.7 Å². The molecule has 1 heterocycles. The Balaban J connectivity index is 1.95. The Labute approximate surface area is 121 Å². The lowest BCUT2D eigenvalue weighted by Gasteiger charge is -2.16. The lowest BCUT2D eigenvalue weighted by Crippen LogP contribution is -2.15. The van der Waals surface area contributed by atoms with Crippen LogP contribution in [-0.2, 0) is 17.6 Å². The maximum absolute atomic E-state index is 12.0. The zero-order valence-electron chi connectivity index (χ0n) is 11.6. The summed E-state index contributed by atoms with van der Waals surface area (Å²) in [7, 11) is 0. The van der Waals surface area contributed by atoms with Gasteiger partial charge in [0, 0.05) is 17.0 Å². The van der Waals surface area contributed by atoms with Gasteiger partial charge in [-0.2, -0.15) is 0 Å². The highest BCUT2D eigenvalue weighted by molar-refractivity contribution is 5.82. The van der Waals surface area contributed by atoms with Crippen LogP contribution in [0.5, 0.6) is 5.75 Å². The molecule has 5 nitrogen and oxygen atoms in total. The molecule has 0 amide bonds. The first kappa shape index (κ1) is 13.7. The van der Waals surface area contributed by atoms with Gasteiger partial charge in [-0.15, -0.1) is 0 Å². The molecule has 0 bridgehead atoms. The summed E-state index contributed by atoms with van der Waals surface area (Å²) in [6, 6.07) is 5.34. The van der Waals surface area contributed by atoms with E-state index in [4.69, 9.17) is 14.3 Å². The normalized spacial score (nSPS) is 13.9. The highest BCUT2D eigenvalue weighted by Crippen LogP contribution is 2.29. The van der Waals surface area contributed by atoms with Crippen molar-refractivity contribution in [2.24, 2.45) is 0 Å². The number of carbonyl (C=O) groups is 1. The number of aryl methyl sites for hydroxylation is 1. The molecule has 1 aromatic carbocycles. The van der Waals surface area contributed by atoms with E-state index in [0.717, 1.165) is 42.2 Å². The maximum Gasteiger partial charge on any atom is 0.339 e. The highest BCUT2D eigenvalue weighted by atomic mass is 16.5. The molecular formula is C16H16O5. The van der Waals surface area contributed by atoms with Crippen LogP contribution >= 0.6 is 0 Å². The molecule has 0 radical (unpaired) electrons. The first-order chi connectivity index (χ1) is 10.1. The van der Waals surface area contributed by atoms with Crippen LogP contribution in [0.25, 0.3) is 11.0 Å². The molecule has 2 aromatic rings. The molecule has 0 spiro atoms. The molecule has 0 unspecified atom stereocenters. The van der Waals surface area contributed by atoms with Crippen molar-refractivity contribution >= 4 is 16.9 Å². The van der Waals surface area contributed by atoms with Crippen molar-refractivity contribution in [2.75, 3.05) is 6.61 Å². The van der Waals surface area contributed by atoms with Gasteiger partial charge < -0.3 is 14.3 Å². The van der Waals surface area contributed by atoms with Gasteiger partial charge in [0.25, 0.3) is 0 Å². The maximum atomic E-state index is 12.0. The molecule has 1 N–H and O–H groups in total. The van der Waals surface area contributed by atoms with Gasteiger partial charge >= 0.3 is 11.6 Å². The van der Waals surface area contributed by atoms with E-state index >= 15 is 0 Å². The second-order valence-corrected chi connectivity index (χ2v) is 5.20. The Bertz CT molecular complexity index is 744. The summed E-state index contributed by atoms with van der Waals surface area (Å²) in [5.41, 5.74) is 2.13. The zero-order chi connectivity index (χ0) is 14.8. The van der Waals surface area contributed by atoms with E-state index in [-0.39, 0.29) is 18.7 Å². The van der Waals surface area contributed by atoms with Crippen LogP contribution in [0.15, 0.2) is 27.4 Å². The molecule has 21 heavy (non-hydrogen) atoms. The molecule has 1 aliphatic carbocycles. The van der Waals surface area contributed by atoms with Crippen LogP contribution in [-0.4, -0.2) is 17.7 Å². The number of aliphatic carboxylic acids is 1. The van der Waals surface area contributed by atoms with Crippen LogP contribution in [0.3, 0.4) is 0 Å². The summed E-state index contributed by atoms with van der Waals surface area (Å²) >= 11 is 0. The fourth-order valence-electron chi connectivity index (χ4n) is 2.77. The van der Waals surface area contributed by atoms with Gasteiger partial charge in [-0.25, -0.2) is 4.79 Å². The van der Waals surface area contributed by atoms with Crippen molar-refractivity contribution < 1.29 is 19.1 Å². The SMILES string of the molecule is O=C(O)CCOc1ccc2c3c(c(=O)oc2c1)CCCC3. The molecule has 3 rings (SSSR count). The molecule has 0 saturated heterocycles. The van der Waals surface area contributed by atoms with Crippen LogP contribution in [0, 0.1) is 0 Å². The van der Waals surface area contributed by atoms with Gasteiger partial charge in [0.2, 0.25) is 0 Å². The average molecular weight is 288 g/mol. The lowest BCUT2D eigenvalue weighted by molar-refractivity contribution is -0.137. The van der Waals surface area contributed by atoms with Crippen LogP contribution in [0.1, 0.15) is 30.4 Å². The van der Waals surface area contributed by atoms with Crippen molar-refractivity contribution in [1.82, 2.24) is 0 Å². The van der Waals surface area contributed by atoms with Gasteiger partial charge in [-0.1, -0.05) is 0 Å². The largest absolute Gasteiger partial charge is 0.493 e. The Morgan fingerprint density at radius 2 is 2.00 bits per heavy atom. The standard InChI is InChI=1S/C16H16O5/c17-15(18)7-8-20-10-5-6-12-11-3-1-2-4-13(11)16(19)21-14(12)9-10/h5-6,9H,1-4,7-8H2,(H,17,18). The molecule has 0 aliphatic heterocycles. The lowest BCUT2D eigenvalue weighted by atomic mass is 9.91. The third-order valence-electron chi connectivity index (χ3n) is 3.78. The highest BCUT2D eigenvalue weighted by Gasteiger charge is 2.18. The quantitative estimate of drug-likeness (QED) is 0.875. The minimum Gasteiger partial charge on any atom is -0.493 e. The fraction of sp³-hybridized carbons (Fsp3) is 0.375. The predicted octanol–water partition coefficient (Wildman–Crippen LogP) is 2.53. The number of ether oxygens (including phenoxy) is 1. The average Bonchev–Trinajstić information content (AvgIpc) is 2.47. The summed E-state index contributed by atoms with van der Waals surface area (Å²) < 4.78 is 10.7. The molecule has 0 saturated carbocycles. The number of rotatable bonds is 4. The van der Waals surface area contributed by atoms with Crippen molar-refractivity contribution in [3.8, 4) is 5.75 Å². The van der Waals surface area contributed by atoms with Crippen LogP contribution in [0.2, 0.25) is 0 Å². The summed E-state index contributed by atoms with van der Waals surface area (Å²) in [6.07, 6.45) is 3.73. The Morgan fingerprint density at radius 1 is 1.24 bits per heavy atom. The summed E-state index contributed by atoms with van der Waals surface area (Å²) in [6.45, 7) is 0.0933. The van der Waals surface area contributed by atoms with E-state index in [1.165, 1.54) is 0 Å². The van der Waals surface area contributed by atoms with Crippen LogP contribution < -0.4 is 10.4 Å². The van der Waals surface area contributed by atoms with Crippen LogP contribution in [0.4, 0.5) is 0 Å². The Morgan fingerprint density at radius 3 is 2.76 bits per heavy atom. The summed E-state index contributed by atoms with van der Waals surface area (Å²) in [5.74, 6) is -0.390. The van der Waals surface area contributed by atoms with E-state index < -0.39 is 5.97 Å². The number of hydrogen-bond acceptors (Lipinski definition) is 4. The molecular weight excluding hydrogens is 272 g/mol. The minimum absolute atomic E-state index is 0.0633. The van der Waals surface area contributed by atoms with Gasteiger partial charge in [0.05, 0.1) is 13.0 Å². The molecule has 0 atom stereocenters. The van der Waals surface area contributed by atoms with E-state index in [1.807, 2.05) is 6.07 Å². The molecule has 0 fully saturated rings. The number of carboxylic acids is 1. The first-order valence-electron chi connectivity index (χ1n) is 7.08. The Hall–Kier alpha value is -2.30. The predicted molar refractivity (Wildman–Crippen MR) is 76.9 cm³/mol. The Kier molecular flexibility index (Phi) is 3.64. The van der Waals surface area contributed by atoms with E-state index in [2.05, 4.69) is 0 Å². The van der Waals surface area contributed by atoms with E-state index in [1.54, 1.807) is 12.1 Å². The van der Waals surface area contributed by atoms with E-state index in [9.17, 15) is 9.59 Å². The number of hydrogen-bond donors (Lipinski definition) is 1. The third-order valence-corrected chi connectivity index (χ3v) is 3.78. The number of carboxylic acid groups (broad SMARTS) is 1. The molecule has 1 aromatic heterocycles. The smallest absolute Gasteiger partial charge is 0.339 e. The summed E-state index contributed by atoms with van der Waals surface area (Å²) in [5, 5.41) is 9.55. The molecule has 5 heteroatoms. The second kappa shape index (κ2) is 5.60. The molecule has 1 aliphatic rings. The van der Waals surface area contributed by atoms with Crippen molar-refractivity contribution in [3.05, 3.63) is 39.7 Å². The zero-order valence-corrected chi connectivity index (χ0v) is 11.6. The fourth-order valence-corrected chi connectivity index (χ4v) is 2.77. The van der Waals surface area contributed by atoms with Crippen molar-refractivity contribution in [3.63, 3.8) is 0 Å². The number of fused-ring (bicyclic) bond motifs is 3. The van der Waals surface area contributed by atoms with Gasteiger partial charge in [0.1, 0.15) is 11.3 Å². The second-order valence-electron chi connectivity index (χ2n) is 5.20. The first-order valence-corrected chi connectivity index (χ1v) is 7.08. The van der Waals surface area contributed by atoms with Gasteiger partial charge in [-0.3, -0.25) is 4.79 Å². The molecule has 110 valence electrons. The minimum atomic E-state index is -0.906. The van der Waals surface area contributed by atoms with Gasteiger partial charge in [0.15, 0.2) is 0 Å². The summed E-state index contributed by atoms with van der Waals surface area (Å²) in [4.78, 5) is 22.5. The van der Waals surface area contributed by atoms with Crippen molar-refractivity contribution in [1.29, 1.82) is 0 Å². The monoisotopic (exact) mass is 288 g/mol. The third kappa shape index (κ3) is 2.77. The van der Waals surface area contributed by atoms with Gasteiger partial charge in [-0.05, 0) is 43.4 Å². The van der Waals surface area contributed by atoms with E-state index in [0.29, 0.717) is 11.3 Å². The van der Waals surface area contributed by atoms with Crippen molar-refractivity contribution in [2.45, 2.75) is 32.1 Å². The number of benzene rings is 1.